The third kappa shape index (κ3) is 3.75. The number of fused-ring (bicyclic) bond motifs is 1. The molecule has 0 fully saturated rings. The van der Waals surface area contributed by atoms with Crippen molar-refractivity contribution in [3.63, 3.8) is 0 Å². The number of halogens is 1. The highest BCUT2D eigenvalue weighted by atomic mass is 35.5. The molecule has 1 unspecified atom stereocenters. The smallest absolute Gasteiger partial charge is 0.238 e. The van der Waals surface area contributed by atoms with Crippen LogP contribution in [0, 0.1) is 0 Å². The molecule has 1 heterocycles. The summed E-state index contributed by atoms with van der Waals surface area (Å²) in [5, 5.41) is 6.67. The molecule has 0 saturated carbocycles. The highest BCUT2D eigenvalue weighted by molar-refractivity contribution is 6.31. The van der Waals surface area contributed by atoms with Crippen LogP contribution in [0.15, 0.2) is 42.5 Å². The first-order valence-electron chi connectivity index (χ1n) is 7.31. The van der Waals surface area contributed by atoms with Gasteiger partial charge in [-0.15, -0.1) is 0 Å². The van der Waals surface area contributed by atoms with Crippen LogP contribution in [0.4, 0.5) is 5.69 Å². The van der Waals surface area contributed by atoms with Crippen molar-refractivity contribution < 1.29 is 14.3 Å². The van der Waals surface area contributed by atoms with Gasteiger partial charge < -0.3 is 20.1 Å². The van der Waals surface area contributed by atoms with E-state index < -0.39 is 0 Å². The Bertz CT molecular complexity index is 721. The average molecular weight is 333 g/mol. The molecule has 0 aromatic heterocycles. The van der Waals surface area contributed by atoms with Crippen LogP contribution in [0.1, 0.15) is 18.5 Å². The molecule has 23 heavy (non-hydrogen) atoms. The number of benzene rings is 2. The van der Waals surface area contributed by atoms with Crippen LogP contribution in [-0.4, -0.2) is 19.2 Å². The van der Waals surface area contributed by atoms with E-state index in [-0.39, 0.29) is 25.3 Å². The number of ether oxygens (including phenoxy) is 2. The van der Waals surface area contributed by atoms with Gasteiger partial charge in [-0.3, -0.25) is 4.79 Å². The Labute approximate surface area is 139 Å². The van der Waals surface area contributed by atoms with Crippen molar-refractivity contribution in [2.75, 3.05) is 18.7 Å². The van der Waals surface area contributed by atoms with Crippen LogP contribution < -0.4 is 20.1 Å². The first-order chi connectivity index (χ1) is 11.1. The second kappa shape index (κ2) is 6.89. The lowest BCUT2D eigenvalue weighted by atomic mass is 10.1. The van der Waals surface area contributed by atoms with E-state index in [4.69, 9.17) is 21.1 Å². The lowest BCUT2D eigenvalue weighted by Gasteiger charge is -2.15. The lowest BCUT2D eigenvalue weighted by molar-refractivity contribution is -0.115. The van der Waals surface area contributed by atoms with Crippen molar-refractivity contribution in [2.45, 2.75) is 13.0 Å². The van der Waals surface area contributed by atoms with Crippen molar-refractivity contribution >= 4 is 23.2 Å². The van der Waals surface area contributed by atoms with E-state index in [0.717, 1.165) is 5.56 Å². The molecule has 0 radical (unpaired) electrons. The summed E-state index contributed by atoms with van der Waals surface area (Å²) >= 11 is 6.15. The van der Waals surface area contributed by atoms with Crippen LogP contribution in [0.3, 0.4) is 0 Å². The summed E-state index contributed by atoms with van der Waals surface area (Å²) in [5.41, 5.74) is 1.64. The maximum atomic E-state index is 12.1. The fourth-order valence-electron chi connectivity index (χ4n) is 2.36. The van der Waals surface area contributed by atoms with Crippen LogP contribution >= 0.6 is 11.6 Å². The van der Waals surface area contributed by atoms with Crippen molar-refractivity contribution in [3.8, 4) is 11.5 Å². The number of rotatable bonds is 5. The molecule has 2 aromatic carbocycles. The molecule has 1 amide bonds. The molecule has 1 aliphatic heterocycles. The average Bonchev–Trinajstić information content (AvgIpc) is 3.01. The molecule has 3 rings (SSSR count). The van der Waals surface area contributed by atoms with Crippen LogP contribution in [0.25, 0.3) is 0 Å². The highest BCUT2D eigenvalue weighted by Gasteiger charge is 2.15. The summed E-state index contributed by atoms with van der Waals surface area (Å²) in [6.45, 7) is 2.36. The van der Waals surface area contributed by atoms with E-state index in [1.165, 1.54) is 0 Å². The number of hydrogen-bond acceptors (Lipinski definition) is 4. The lowest BCUT2D eigenvalue weighted by Crippen LogP contribution is -2.30. The first kappa shape index (κ1) is 15.6. The number of hydrogen-bond donors (Lipinski definition) is 2. The van der Waals surface area contributed by atoms with Gasteiger partial charge in [-0.2, -0.15) is 0 Å². The molecule has 2 N–H and O–H groups in total. The summed E-state index contributed by atoms with van der Waals surface area (Å²) in [6, 6.07) is 12.9. The van der Waals surface area contributed by atoms with Gasteiger partial charge in [0.15, 0.2) is 11.5 Å². The number of amides is 1. The minimum Gasteiger partial charge on any atom is -0.454 e. The monoisotopic (exact) mass is 332 g/mol. The molecular formula is C17H17ClN2O3. The van der Waals surface area contributed by atoms with Crippen LogP contribution in [0.2, 0.25) is 5.02 Å². The Morgan fingerprint density at radius 2 is 2.00 bits per heavy atom. The van der Waals surface area contributed by atoms with Crippen molar-refractivity contribution in [2.24, 2.45) is 0 Å². The standard InChI is InChI=1S/C17H17ClN2O3/c1-11(13-4-2-3-5-14(13)18)19-9-17(21)20-12-6-7-15-16(8-12)23-10-22-15/h2-8,11,19H,9-10H2,1H3,(H,20,21). The van der Waals surface area contributed by atoms with Gasteiger partial charge in [0.05, 0.1) is 6.54 Å². The molecule has 0 saturated heterocycles. The molecule has 0 spiro atoms. The quantitative estimate of drug-likeness (QED) is 0.881. The third-order valence-corrected chi connectivity index (χ3v) is 3.94. The predicted octanol–water partition coefficient (Wildman–Crippen LogP) is 3.36. The number of anilines is 1. The summed E-state index contributed by atoms with van der Waals surface area (Å²) in [4.78, 5) is 12.1. The molecule has 5 nitrogen and oxygen atoms in total. The SMILES string of the molecule is CC(NCC(=O)Nc1ccc2c(c1)OCO2)c1ccccc1Cl. The van der Waals surface area contributed by atoms with E-state index in [9.17, 15) is 4.79 Å². The molecule has 6 heteroatoms. The fraction of sp³-hybridized carbons (Fsp3) is 0.235. The fourth-order valence-corrected chi connectivity index (χ4v) is 2.66. The molecule has 0 aliphatic carbocycles. The Morgan fingerprint density at radius 1 is 1.22 bits per heavy atom. The predicted molar refractivity (Wildman–Crippen MR) is 89.1 cm³/mol. The van der Waals surface area contributed by atoms with Gasteiger partial charge in [0.25, 0.3) is 0 Å². The molecule has 120 valence electrons. The summed E-state index contributed by atoms with van der Waals surface area (Å²) in [7, 11) is 0. The van der Waals surface area contributed by atoms with Gasteiger partial charge in [-0.05, 0) is 30.7 Å². The largest absolute Gasteiger partial charge is 0.454 e. The molecule has 0 bridgehead atoms. The molecule has 1 atom stereocenters. The van der Waals surface area contributed by atoms with Gasteiger partial charge in [-0.25, -0.2) is 0 Å². The maximum Gasteiger partial charge on any atom is 0.238 e. The summed E-state index contributed by atoms with van der Waals surface area (Å²) in [6.07, 6.45) is 0. The van der Waals surface area contributed by atoms with Gasteiger partial charge in [0, 0.05) is 22.8 Å². The Balaban J connectivity index is 1.54. The Kier molecular flexibility index (Phi) is 4.69. The zero-order valence-corrected chi connectivity index (χ0v) is 13.4. The van der Waals surface area contributed by atoms with Gasteiger partial charge in [0.2, 0.25) is 12.7 Å². The van der Waals surface area contributed by atoms with E-state index in [0.29, 0.717) is 22.2 Å². The van der Waals surface area contributed by atoms with Gasteiger partial charge >= 0.3 is 0 Å². The third-order valence-electron chi connectivity index (χ3n) is 3.60. The number of carbonyl (C=O) groups excluding carboxylic acids is 1. The van der Waals surface area contributed by atoms with E-state index >= 15 is 0 Å². The zero-order valence-electron chi connectivity index (χ0n) is 12.6. The van der Waals surface area contributed by atoms with E-state index in [2.05, 4.69) is 10.6 Å². The van der Waals surface area contributed by atoms with Crippen molar-refractivity contribution in [1.29, 1.82) is 0 Å². The van der Waals surface area contributed by atoms with Gasteiger partial charge in [0.1, 0.15) is 0 Å². The van der Waals surface area contributed by atoms with E-state index in [1.54, 1.807) is 18.2 Å². The van der Waals surface area contributed by atoms with E-state index in [1.807, 2.05) is 31.2 Å². The second-order valence-electron chi connectivity index (χ2n) is 5.24. The number of carbonyl (C=O) groups is 1. The van der Waals surface area contributed by atoms with Gasteiger partial charge in [-0.1, -0.05) is 29.8 Å². The minimum atomic E-state index is -0.136. The topological polar surface area (TPSA) is 59.6 Å². The molecule has 2 aromatic rings. The molecular weight excluding hydrogens is 316 g/mol. The Hall–Kier alpha value is -2.24. The highest BCUT2D eigenvalue weighted by Crippen LogP contribution is 2.34. The van der Waals surface area contributed by atoms with Crippen molar-refractivity contribution in [1.82, 2.24) is 5.32 Å². The first-order valence-corrected chi connectivity index (χ1v) is 7.68. The molecule has 1 aliphatic rings. The zero-order chi connectivity index (χ0) is 16.2. The summed E-state index contributed by atoms with van der Waals surface area (Å²) < 4.78 is 10.5. The maximum absolute atomic E-state index is 12.1. The van der Waals surface area contributed by atoms with Crippen LogP contribution in [0.5, 0.6) is 11.5 Å². The summed E-state index contributed by atoms with van der Waals surface area (Å²) in [5.74, 6) is 1.19. The van der Waals surface area contributed by atoms with Crippen LogP contribution in [-0.2, 0) is 4.79 Å². The Morgan fingerprint density at radius 3 is 2.83 bits per heavy atom. The minimum absolute atomic E-state index is 0.0220. The second-order valence-corrected chi connectivity index (χ2v) is 5.65. The normalized spacial score (nSPS) is 13.7. The number of nitrogens with one attached hydrogen (secondary N) is 2. The van der Waals surface area contributed by atoms with Crippen molar-refractivity contribution in [3.05, 3.63) is 53.1 Å².